The van der Waals surface area contributed by atoms with E-state index in [4.69, 9.17) is 16.7 Å². The van der Waals surface area contributed by atoms with Gasteiger partial charge >= 0.3 is 0 Å². The molecule has 1 aromatic carbocycles. The SMILES string of the molecule is CS(=O)(=O)CCS(=O)(=O)Nc1cc(C#CCO)ccc1Cl. The Labute approximate surface area is 129 Å². The fourth-order valence-electron chi connectivity index (χ4n) is 1.30. The van der Waals surface area contributed by atoms with Crippen molar-refractivity contribution < 1.29 is 21.9 Å². The zero-order valence-electron chi connectivity index (χ0n) is 11.1. The van der Waals surface area contributed by atoms with Crippen molar-refractivity contribution in [2.45, 2.75) is 0 Å². The summed E-state index contributed by atoms with van der Waals surface area (Å²) in [5, 5.41) is 8.78. The van der Waals surface area contributed by atoms with E-state index in [0.29, 0.717) is 5.56 Å². The fourth-order valence-corrected chi connectivity index (χ4v) is 4.22. The van der Waals surface area contributed by atoms with Crippen LogP contribution in [0.15, 0.2) is 18.2 Å². The van der Waals surface area contributed by atoms with Gasteiger partial charge in [0.2, 0.25) is 10.0 Å². The molecule has 0 saturated heterocycles. The summed E-state index contributed by atoms with van der Waals surface area (Å²) in [6.45, 7) is -0.321. The van der Waals surface area contributed by atoms with Gasteiger partial charge < -0.3 is 5.11 Å². The van der Waals surface area contributed by atoms with Crippen molar-refractivity contribution in [2.75, 3.05) is 29.1 Å². The minimum Gasteiger partial charge on any atom is -0.384 e. The second-order valence-corrected chi connectivity index (χ2v) is 8.71. The van der Waals surface area contributed by atoms with Crippen LogP contribution in [-0.2, 0) is 19.9 Å². The van der Waals surface area contributed by atoms with Crippen LogP contribution in [0.4, 0.5) is 5.69 Å². The second kappa shape index (κ2) is 7.13. The van der Waals surface area contributed by atoms with E-state index in [1.54, 1.807) is 6.07 Å². The van der Waals surface area contributed by atoms with Gasteiger partial charge in [0.15, 0.2) is 0 Å². The lowest BCUT2D eigenvalue weighted by atomic mass is 10.2. The standard InChI is InChI=1S/C12H14ClNO5S2/c1-20(16,17)7-8-21(18,19)14-12-9-10(3-2-6-15)4-5-11(12)13/h4-5,9,14-15H,6-8H2,1H3. The molecule has 0 aromatic heterocycles. The Kier molecular flexibility index (Phi) is 6.04. The molecule has 0 saturated carbocycles. The Hall–Kier alpha value is -1.27. The minimum atomic E-state index is -3.84. The van der Waals surface area contributed by atoms with Crippen LogP contribution in [0, 0.1) is 11.8 Å². The highest BCUT2D eigenvalue weighted by molar-refractivity contribution is 7.95. The van der Waals surface area contributed by atoms with Crippen LogP contribution >= 0.6 is 11.6 Å². The predicted molar refractivity (Wildman–Crippen MR) is 82.5 cm³/mol. The normalized spacial score (nSPS) is 11.6. The summed E-state index contributed by atoms with van der Waals surface area (Å²) in [4.78, 5) is 0. The van der Waals surface area contributed by atoms with Gasteiger partial charge in [-0.25, -0.2) is 16.8 Å². The first-order valence-electron chi connectivity index (χ1n) is 5.70. The number of hydrogen-bond acceptors (Lipinski definition) is 5. The maximum atomic E-state index is 11.8. The quantitative estimate of drug-likeness (QED) is 0.751. The zero-order valence-corrected chi connectivity index (χ0v) is 13.5. The Balaban J connectivity index is 2.96. The molecule has 0 fully saturated rings. The summed E-state index contributed by atoms with van der Waals surface area (Å²) >= 11 is 5.88. The lowest BCUT2D eigenvalue weighted by Crippen LogP contribution is -2.22. The maximum Gasteiger partial charge on any atom is 0.233 e. The molecule has 0 bridgehead atoms. The van der Waals surface area contributed by atoms with Gasteiger partial charge in [-0.3, -0.25) is 4.72 Å². The molecule has 0 aliphatic carbocycles. The molecule has 116 valence electrons. The van der Waals surface area contributed by atoms with Crippen molar-refractivity contribution in [2.24, 2.45) is 0 Å². The van der Waals surface area contributed by atoms with E-state index in [1.807, 2.05) is 0 Å². The summed E-state index contributed by atoms with van der Waals surface area (Å²) < 4.78 is 47.9. The van der Waals surface area contributed by atoms with Gasteiger partial charge in [-0.15, -0.1) is 0 Å². The molecule has 1 aromatic rings. The summed E-state index contributed by atoms with van der Waals surface area (Å²) in [5.41, 5.74) is 0.573. The Bertz CT molecular complexity index is 776. The third-order valence-electron chi connectivity index (χ3n) is 2.27. The minimum absolute atomic E-state index is 0.106. The maximum absolute atomic E-state index is 11.8. The Morgan fingerprint density at radius 1 is 1.24 bits per heavy atom. The zero-order chi connectivity index (χ0) is 16.1. The molecule has 0 aliphatic rings. The van der Waals surface area contributed by atoms with Crippen LogP contribution < -0.4 is 4.72 Å². The predicted octanol–water partition coefficient (Wildman–Crippen LogP) is 0.470. The van der Waals surface area contributed by atoms with Crippen LogP contribution in [0.1, 0.15) is 5.56 Å². The third-order valence-corrected chi connectivity index (χ3v) is 5.07. The van der Waals surface area contributed by atoms with Gasteiger partial charge in [0.25, 0.3) is 0 Å². The van der Waals surface area contributed by atoms with Gasteiger partial charge in [0.05, 0.1) is 22.2 Å². The molecule has 0 atom stereocenters. The highest BCUT2D eigenvalue weighted by Gasteiger charge is 2.16. The summed E-state index contributed by atoms with van der Waals surface area (Å²) in [7, 11) is -7.22. The lowest BCUT2D eigenvalue weighted by molar-refractivity contribution is 0.350. The number of nitrogens with one attached hydrogen (secondary N) is 1. The van der Waals surface area contributed by atoms with E-state index >= 15 is 0 Å². The summed E-state index contributed by atoms with van der Waals surface area (Å²) in [5.74, 6) is 4.00. The number of hydrogen-bond donors (Lipinski definition) is 2. The molecule has 6 nitrogen and oxygen atoms in total. The van der Waals surface area contributed by atoms with Gasteiger partial charge in [-0.1, -0.05) is 23.4 Å². The number of anilines is 1. The largest absolute Gasteiger partial charge is 0.384 e. The number of aliphatic hydroxyl groups is 1. The second-order valence-electron chi connectivity index (χ2n) is 4.21. The average molecular weight is 352 g/mol. The Morgan fingerprint density at radius 2 is 1.90 bits per heavy atom. The van der Waals surface area contributed by atoms with E-state index in [2.05, 4.69) is 16.6 Å². The molecule has 21 heavy (non-hydrogen) atoms. The molecule has 1 rings (SSSR count). The highest BCUT2D eigenvalue weighted by atomic mass is 35.5. The number of halogens is 1. The first kappa shape index (κ1) is 17.8. The number of sulfonamides is 1. The lowest BCUT2D eigenvalue weighted by Gasteiger charge is -2.09. The van der Waals surface area contributed by atoms with Crippen molar-refractivity contribution in [1.82, 2.24) is 0 Å². The highest BCUT2D eigenvalue weighted by Crippen LogP contribution is 2.23. The average Bonchev–Trinajstić information content (AvgIpc) is 2.36. The van der Waals surface area contributed by atoms with E-state index in [0.717, 1.165) is 6.26 Å². The molecule has 2 N–H and O–H groups in total. The van der Waals surface area contributed by atoms with Crippen LogP contribution in [0.5, 0.6) is 0 Å². The number of rotatable bonds is 5. The number of aliphatic hydroxyl groups excluding tert-OH is 1. The molecule has 0 aliphatic heterocycles. The number of benzene rings is 1. The van der Waals surface area contributed by atoms with E-state index in [1.165, 1.54) is 12.1 Å². The van der Waals surface area contributed by atoms with E-state index in [-0.39, 0.29) is 17.3 Å². The van der Waals surface area contributed by atoms with E-state index < -0.39 is 31.4 Å². The van der Waals surface area contributed by atoms with Crippen LogP contribution in [0.3, 0.4) is 0 Å². The van der Waals surface area contributed by atoms with Crippen LogP contribution in [-0.4, -0.2) is 46.3 Å². The van der Waals surface area contributed by atoms with Gasteiger partial charge in [-0.05, 0) is 18.2 Å². The van der Waals surface area contributed by atoms with Crippen LogP contribution in [0.25, 0.3) is 0 Å². The molecule has 9 heteroatoms. The fraction of sp³-hybridized carbons (Fsp3) is 0.333. The van der Waals surface area contributed by atoms with Crippen molar-refractivity contribution in [3.63, 3.8) is 0 Å². The Morgan fingerprint density at radius 3 is 2.48 bits per heavy atom. The first-order chi connectivity index (χ1) is 9.63. The van der Waals surface area contributed by atoms with Crippen molar-refractivity contribution >= 4 is 37.1 Å². The van der Waals surface area contributed by atoms with Crippen molar-refractivity contribution in [3.8, 4) is 11.8 Å². The molecule has 0 heterocycles. The summed E-state index contributed by atoms with van der Waals surface area (Å²) in [6.07, 6.45) is 0.959. The molecule has 0 unspecified atom stereocenters. The third kappa shape index (κ3) is 6.82. The topological polar surface area (TPSA) is 101 Å². The van der Waals surface area contributed by atoms with Crippen molar-refractivity contribution in [3.05, 3.63) is 28.8 Å². The van der Waals surface area contributed by atoms with Crippen molar-refractivity contribution in [1.29, 1.82) is 0 Å². The first-order valence-corrected chi connectivity index (χ1v) is 9.79. The molecule has 0 spiro atoms. The molecular formula is C12H14ClNO5S2. The molecule has 0 radical (unpaired) electrons. The summed E-state index contributed by atoms with van der Waals surface area (Å²) in [6, 6.07) is 4.43. The van der Waals surface area contributed by atoms with Gasteiger partial charge in [0.1, 0.15) is 16.4 Å². The smallest absolute Gasteiger partial charge is 0.233 e. The van der Waals surface area contributed by atoms with E-state index in [9.17, 15) is 16.8 Å². The molecule has 0 amide bonds. The number of sulfone groups is 1. The molecular weight excluding hydrogens is 338 g/mol. The van der Waals surface area contributed by atoms with Crippen LogP contribution in [0.2, 0.25) is 5.02 Å². The van der Waals surface area contributed by atoms with Gasteiger partial charge in [-0.2, -0.15) is 0 Å². The monoisotopic (exact) mass is 351 g/mol. The van der Waals surface area contributed by atoms with Gasteiger partial charge in [0, 0.05) is 11.8 Å².